The van der Waals surface area contributed by atoms with Crippen LogP contribution in [0, 0.1) is 5.82 Å². The number of ether oxygens (including phenoxy) is 2. The van der Waals surface area contributed by atoms with Gasteiger partial charge in [-0.05, 0) is 81.4 Å². The molecule has 0 fully saturated rings. The molecule has 1 aromatic heterocycles. The molecule has 1 atom stereocenters. The van der Waals surface area contributed by atoms with E-state index in [4.69, 9.17) is 14.5 Å². The van der Waals surface area contributed by atoms with Crippen LogP contribution in [-0.4, -0.2) is 17.6 Å². The van der Waals surface area contributed by atoms with E-state index in [1.165, 1.54) is 43.1 Å². The normalized spacial score (nSPS) is 16.2. The molecule has 0 spiro atoms. The Kier molecular flexibility index (Phi) is 6.56. The van der Waals surface area contributed by atoms with Gasteiger partial charge in [0.15, 0.2) is 16.3 Å². The van der Waals surface area contributed by atoms with Gasteiger partial charge in [0.1, 0.15) is 5.82 Å². The fourth-order valence-electron chi connectivity index (χ4n) is 5.18. The molecular weight excluding hydrogens is 583 g/mol. The van der Waals surface area contributed by atoms with Gasteiger partial charge >= 0.3 is 5.97 Å². The van der Waals surface area contributed by atoms with E-state index in [9.17, 15) is 14.0 Å². The molecule has 1 aliphatic carbocycles. The summed E-state index contributed by atoms with van der Waals surface area (Å²) in [6.45, 7) is 1.32. The Morgan fingerprint density at radius 3 is 2.67 bits per heavy atom. The number of aromatic nitrogens is 1. The molecule has 2 aliphatic rings. The van der Waals surface area contributed by atoms with E-state index >= 15 is 0 Å². The van der Waals surface area contributed by atoms with Crippen LogP contribution in [0.15, 0.2) is 80.5 Å². The third-order valence-electron chi connectivity index (χ3n) is 6.85. The van der Waals surface area contributed by atoms with Crippen molar-refractivity contribution in [1.29, 1.82) is 0 Å². The van der Waals surface area contributed by atoms with Crippen LogP contribution in [0.1, 0.15) is 41.6 Å². The average Bonchev–Trinajstić information content (AvgIpc) is 3.23. The molecule has 6 rings (SSSR count). The van der Waals surface area contributed by atoms with Crippen LogP contribution in [0.25, 0.3) is 11.8 Å². The third-order valence-corrected chi connectivity index (χ3v) is 8.43. The molecule has 6 nitrogen and oxygen atoms in total. The van der Waals surface area contributed by atoms with Crippen LogP contribution in [0.5, 0.6) is 11.5 Å². The lowest BCUT2D eigenvalue weighted by molar-refractivity contribution is -0.132. The number of carbonyl (C=O) groups is 1. The smallest absolute Gasteiger partial charge is 0.308 e. The lowest BCUT2D eigenvalue weighted by atomic mass is 9.83. The highest BCUT2D eigenvalue weighted by Gasteiger charge is 2.32. The van der Waals surface area contributed by atoms with Crippen LogP contribution in [-0.2, 0) is 11.2 Å². The Morgan fingerprint density at radius 2 is 1.92 bits per heavy atom. The minimum absolute atomic E-state index is 0.183. The number of rotatable bonds is 4. The molecule has 3 aromatic carbocycles. The van der Waals surface area contributed by atoms with Gasteiger partial charge in [-0.2, -0.15) is 0 Å². The molecule has 39 heavy (non-hydrogen) atoms. The largest absolute Gasteiger partial charge is 0.493 e. The molecule has 0 N–H and O–H groups in total. The number of hydrogen-bond donors (Lipinski definition) is 0. The predicted octanol–water partition coefficient (Wildman–Crippen LogP) is 5.15. The zero-order chi connectivity index (χ0) is 27.3. The number of nitrogens with zero attached hydrogens (tertiary/aromatic N) is 2. The van der Waals surface area contributed by atoms with Crippen molar-refractivity contribution in [3.63, 3.8) is 0 Å². The maximum absolute atomic E-state index is 13.9. The molecule has 4 aromatic rings. The van der Waals surface area contributed by atoms with E-state index in [-0.39, 0.29) is 23.2 Å². The second-order valence-electron chi connectivity index (χ2n) is 9.29. The zero-order valence-electron chi connectivity index (χ0n) is 21.0. The number of halogens is 2. The van der Waals surface area contributed by atoms with Crippen molar-refractivity contribution in [3.05, 3.63) is 118 Å². The van der Waals surface area contributed by atoms with Gasteiger partial charge in [-0.15, -0.1) is 0 Å². The topological polar surface area (TPSA) is 69.9 Å². The van der Waals surface area contributed by atoms with Gasteiger partial charge in [0.25, 0.3) is 5.56 Å². The van der Waals surface area contributed by atoms with Gasteiger partial charge in [-0.3, -0.25) is 14.2 Å². The summed E-state index contributed by atoms with van der Waals surface area (Å²) in [6, 6.07) is 17.6. The summed E-state index contributed by atoms with van der Waals surface area (Å²) in [5, 5.41) is 0. The summed E-state index contributed by atoms with van der Waals surface area (Å²) in [7, 11) is 1.48. The molecule has 2 heterocycles. The number of thiazole rings is 1. The Labute approximate surface area is 235 Å². The monoisotopic (exact) mass is 604 g/mol. The van der Waals surface area contributed by atoms with E-state index in [2.05, 4.69) is 28.1 Å². The first kappa shape index (κ1) is 25.5. The lowest BCUT2D eigenvalue weighted by Crippen LogP contribution is -2.38. The molecule has 196 valence electrons. The Balaban J connectivity index is 1.56. The van der Waals surface area contributed by atoms with Gasteiger partial charge in [0.2, 0.25) is 0 Å². The Hall–Kier alpha value is -3.82. The maximum atomic E-state index is 13.9. The van der Waals surface area contributed by atoms with Crippen molar-refractivity contribution < 1.29 is 18.7 Å². The van der Waals surface area contributed by atoms with Crippen LogP contribution in [0.4, 0.5) is 4.39 Å². The van der Waals surface area contributed by atoms with Crippen LogP contribution in [0.2, 0.25) is 0 Å². The summed E-state index contributed by atoms with van der Waals surface area (Å²) in [5.74, 6) is -0.173. The van der Waals surface area contributed by atoms with Crippen LogP contribution >= 0.6 is 27.3 Å². The number of hydrogen-bond acceptors (Lipinski definition) is 6. The first-order chi connectivity index (χ1) is 18.8. The number of esters is 1. The van der Waals surface area contributed by atoms with Crippen LogP contribution in [0.3, 0.4) is 0 Å². The van der Waals surface area contributed by atoms with Crippen molar-refractivity contribution in [2.45, 2.75) is 25.8 Å². The maximum Gasteiger partial charge on any atom is 0.308 e. The molecule has 9 heteroatoms. The van der Waals surface area contributed by atoms with Gasteiger partial charge in [0, 0.05) is 12.5 Å². The van der Waals surface area contributed by atoms with Gasteiger partial charge < -0.3 is 9.47 Å². The first-order valence-electron chi connectivity index (χ1n) is 12.3. The van der Waals surface area contributed by atoms with E-state index in [0.29, 0.717) is 25.1 Å². The highest BCUT2D eigenvalue weighted by Crippen LogP contribution is 2.41. The summed E-state index contributed by atoms with van der Waals surface area (Å²) in [6.07, 6.45) is 3.37. The molecular formula is C30H22BrFN2O4S. The molecule has 0 unspecified atom stereocenters. The van der Waals surface area contributed by atoms with Crippen molar-refractivity contribution >= 4 is 45.0 Å². The van der Waals surface area contributed by atoms with Crippen molar-refractivity contribution in [3.8, 4) is 11.5 Å². The van der Waals surface area contributed by atoms with E-state index in [0.717, 1.165) is 35.2 Å². The molecule has 0 bridgehead atoms. The second-order valence-corrected chi connectivity index (χ2v) is 11.2. The van der Waals surface area contributed by atoms with Gasteiger partial charge in [0.05, 0.1) is 27.9 Å². The van der Waals surface area contributed by atoms with E-state index < -0.39 is 5.97 Å². The average molecular weight is 605 g/mol. The highest BCUT2D eigenvalue weighted by atomic mass is 79.9. The molecule has 0 saturated carbocycles. The lowest BCUT2D eigenvalue weighted by Gasteiger charge is -2.30. The summed E-state index contributed by atoms with van der Waals surface area (Å²) in [4.78, 5) is 31.0. The fourth-order valence-corrected chi connectivity index (χ4v) is 6.73. The second kappa shape index (κ2) is 10.1. The van der Waals surface area contributed by atoms with Crippen molar-refractivity contribution in [1.82, 2.24) is 4.57 Å². The molecule has 1 aliphatic heterocycles. The van der Waals surface area contributed by atoms with E-state index in [1.807, 2.05) is 12.1 Å². The van der Waals surface area contributed by atoms with Gasteiger partial charge in [-0.1, -0.05) is 47.7 Å². The number of carbonyl (C=O) groups excluding carboxylic acids is 1. The minimum atomic E-state index is -0.471. The SMILES string of the molecule is COc1cc(/C=c2/sc3n(c2=O)[C@@H](c2ccc(F)cc2)C2=C(N=3)c3ccccc3CC2)cc(Br)c1OC(C)=O. The number of allylic oxidation sites excluding steroid dienone is 1. The fraction of sp³-hybridized carbons (Fsp3) is 0.167. The Morgan fingerprint density at radius 1 is 1.15 bits per heavy atom. The standard InChI is InChI=1S/C30H22BrFN2O4S/c1-16(35)38-28-23(31)13-17(14-24(28)37-2)15-25-29(36)34-27(19-7-10-20(32)11-8-19)22-12-9-18-5-3-4-6-21(18)26(22)33-30(34)39-25/h3-8,10-11,13-15,27H,9,12H2,1-2H3/b25-15+/t27-/m0/s1. The predicted molar refractivity (Wildman–Crippen MR) is 151 cm³/mol. The summed E-state index contributed by atoms with van der Waals surface area (Å²) < 4.78 is 27.3. The molecule has 0 amide bonds. The highest BCUT2D eigenvalue weighted by molar-refractivity contribution is 9.10. The minimum Gasteiger partial charge on any atom is -0.493 e. The summed E-state index contributed by atoms with van der Waals surface area (Å²) >= 11 is 4.75. The Bertz CT molecular complexity index is 1860. The zero-order valence-corrected chi connectivity index (χ0v) is 23.4. The molecule has 0 saturated heterocycles. The van der Waals surface area contributed by atoms with E-state index in [1.54, 1.807) is 34.9 Å². The van der Waals surface area contributed by atoms with Crippen molar-refractivity contribution in [2.24, 2.45) is 4.99 Å². The number of fused-ring (bicyclic) bond motifs is 3. The first-order valence-corrected chi connectivity index (χ1v) is 13.9. The third kappa shape index (κ3) is 4.55. The summed E-state index contributed by atoms with van der Waals surface area (Å²) in [5.41, 5.74) is 5.56. The van der Waals surface area contributed by atoms with Crippen LogP contribution < -0.4 is 24.4 Å². The quantitative estimate of drug-likeness (QED) is 0.238. The van der Waals surface area contributed by atoms with Crippen molar-refractivity contribution in [2.75, 3.05) is 7.11 Å². The number of aryl methyl sites for hydroxylation is 1. The number of benzene rings is 3. The van der Waals surface area contributed by atoms with Gasteiger partial charge in [-0.25, -0.2) is 9.38 Å². The molecule has 0 radical (unpaired) electrons. The number of methoxy groups -OCH3 is 1.